The van der Waals surface area contributed by atoms with Crippen LogP contribution in [0.5, 0.6) is 5.88 Å². The standard InChI is InChI=1S/C16H19ClN2O4S/c1-6-19-16(23-4)12(8-18-19)14(20)11-7-9(2)15(24(5,21)22)10(3)13(11)17/h7-8H,6H2,1-5H3. The van der Waals surface area contributed by atoms with E-state index < -0.39 is 9.84 Å². The molecule has 2 aromatic rings. The van der Waals surface area contributed by atoms with E-state index in [1.807, 2.05) is 6.92 Å². The molecule has 130 valence electrons. The number of aromatic nitrogens is 2. The van der Waals surface area contributed by atoms with E-state index in [2.05, 4.69) is 5.10 Å². The van der Waals surface area contributed by atoms with Crippen molar-refractivity contribution in [3.63, 3.8) is 0 Å². The van der Waals surface area contributed by atoms with Crippen LogP contribution in [0, 0.1) is 13.8 Å². The molecule has 0 N–H and O–H groups in total. The molecule has 1 heterocycles. The summed E-state index contributed by atoms with van der Waals surface area (Å²) in [6.07, 6.45) is 2.55. The normalized spacial score (nSPS) is 11.6. The molecule has 0 saturated heterocycles. The van der Waals surface area contributed by atoms with E-state index >= 15 is 0 Å². The van der Waals surface area contributed by atoms with Gasteiger partial charge in [0.1, 0.15) is 5.56 Å². The quantitative estimate of drug-likeness (QED) is 0.756. The molecule has 0 fully saturated rings. The topological polar surface area (TPSA) is 78.3 Å². The summed E-state index contributed by atoms with van der Waals surface area (Å²) in [6, 6.07) is 1.50. The summed E-state index contributed by atoms with van der Waals surface area (Å²) in [5.41, 5.74) is 1.36. The van der Waals surface area contributed by atoms with Gasteiger partial charge in [-0.3, -0.25) is 4.79 Å². The van der Waals surface area contributed by atoms with Crippen LogP contribution in [-0.2, 0) is 16.4 Å². The van der Waals surface area contributed by atoms with Gasteiger partial charge in [0.05, 0.1) is 23.2 Å². The van der Waals surface area contributed by atoms with Gasteiger partial charge in [-0.15, -0.1) is 0 Å². The Kier molecular flexibility index (Phi) is 5.05. The third kappa shape index (κ3) is 3.06. The first-order valence-electron chi connectivity index (χ1n) is 7.27. The fourth-order valence-electron chi connectivity index (χ4n) is 2.79. The first kappa shape index (κ1) is 18.5. The second-order valence-electron chi connectivity index (χ2n) is 5.49. The number of ether oxygens (including phenoxy) is 1. The zero-order valence-corrected chi connectivity index (χ0v) is 15.7. The van der Waals surface area contributed by atoms with Crippen molar-refractivity contribution in [1.82, 2.24) is 9.78 Å². The summed E-state index contributed by atoms with van der Waals surface area (Å²) in [4.78, 5) is 13.0. The lowest BCUT2D eigenvalue weighted by Crippen LogP contribution is -2.10. The predicted octanol–water partition coefficient (Wildman–Crippen LogP) is 2.82. The van der Waals surface area contributed by atoms with E-state index in [1.54, 1.807) is 18.5 Å². The number of hydrogen-bond donors (Lipinski definition) is 0. The maximum Gasteiger partial charge on any atom is 0.223 e. The maximum atomic E-state index is 12.9. The number of sulfone groups is 1. The smallest absolute Gasteiger partial charge is 0.223 e. The molecule has 8 heteroatoms. The molecule has 0 radical (unpaired) electrons. The zero-order chi connectivity index (χ0) is 18.2. The number of hydrogen-bond acceptors (Lipinski definition) is 5. The number of halogens is 1. The van der Waals surface area contributed by atoms with E-state index in [0.717, 1.165) is 6.26 Å². The molecule has 0 bridgehead atoms. The van der Waals surface area contributed by atoms with Gasteiger partial charge in [0.25, 0.3) is 0 Å². The highest BCUT2D eigenvalue weighted by Crippen LogP contribution is 2.33. The fourth-order valence-corrected chi connectivity index (χ4v) is 4.39. The minimum absolute atomic E-state index is 0.123. The van der Waals surface area contributed by atoms with E-state index in [1.165, 1.54) is 19.4 Å². The highest BCUT2D eigenvalue weighted by Gasteiger charge is 2.26. The summed E-state index contributed by atoms with van der Waals surface area (Å²) in [6.45, 7) is 5.67. The number of ketones is 1. The largest absolute Gasteiger partial charge is 0.481 e. The van der Waals surface area contributed by atoms with E-state index in [0.29, 0.717) is 23.6 Å². The lowest BCUT2D eigenvalue weighted by Gasteiger charge is -2.13. The highest BCUT2D eigenvalue weighted by atomic mass is 35.5. The van der Waals surface area contributed by atoms with Crippen molar-refractivity contribution < 1.29 is 17.9 Å². The van der Waals surface area contributed by atoms with Gasteiger partial charge in [-0.05, 0) is 38.0 Å². The molecule has 0 amide bonds. The predicted molar refractivity (Wildman–Crippen MR) is 91.9 cm³/mol. The van der Waals surface area contributed by atoms with Gasteiger partial charge in [0, 0.05) is 18.4 Å². The summed E-state index contributed by atoms with van der Waals surface area (Å²) in [7, 11) is -1.98. The van der Waals surface area contributed by atoms with Crippen LogP contribution in [0.25, 0.3) is 0 Å². The molecular weight excluding hydrogens is 352 g/mol. The summed E-state index contributed by atoms with van der Waals surface area (Å²) < 4.78 is 30.7. The Bertz CT molecular complexity index is 917. The third-order valence-electron chi connectivity index (χ3n) is 3.77. The van der Waals surface area contributed by atoms with Crippen LogP contribution in [0.15, 0.2) is 17.2 Å². The molecule has 0 saturated carbocycles. The molecular formula is C16H19ClN2O4S. The van der Waals surface area contributed by atoms with Gasteiger partial charge in [-0.25, -0.2) is 13.1 Å². The lowest BCUT2D eigenvalue weighted by atomic mass is 10.0. The Morgan fingerprint density at radius 2 is 1.96 bits per heavy atom. The van der Waals surface area contributed by atoms with Gasteiger partial charge >= 0.3 is 0 Å². The Morgan fingerprint density at radius 1 is 1.33 bits per heavy atom. The van der Waals surface area contributed by atoms with Crippen LogP contribution in [0.2, 0.25) is 5.02 Å². The molecule has 0 unspecified atom stereocenters. The number of benzene rings is 1. The number of aryl methyl sites for hydroxylation is 2. The number of carbonyl (C=O) groups excluding carboxylic acids is 1. The van der Waals surface area contributed by atoms with Crippen LogP contribution in [0.1, 0.15) is 34.0 Å². The summed E-state index contributed by atoms with van der Waals surface area (Å²) in [5, 5.41) is 4.24. The van der Waals surface area contributed by atoms with Crippen molar-refractivity contribution in [2.45, 2.75) is 32.2 Å². The minimum atomic E-state index is -3.44. The Morgan fingerprint density at radius 3 is 2.46 bits per heavy atom. The lowest BCUT2D eigenvalue weighted by molar-refractivity contribution is 0.103. The van der Waals surface area contributed by atoms with Gasteiger partial charge < -0.3 is 4.74 Å². The summed E-state index contributed by atoms with van der Waals surface area (Å²) in [5.74, 6) is -0.0103. The van der Waals surface area contributed by atoms with Crippen LogP contribution in [0.4, 0.5) is 0 Å². The Hall–Kier alpha value is -1.86. The molecule has 1 aromatic heterocycles. The average Bonchev–Trinajstić information content (AvgIpc) is 2.91. The molecule has 0 aliphatic rings. The van der Waals surface area contributed by atoms with Crippen LogP contribution in [-0.4, -0.2) is 37.3 Å². The van der Waals surface area contributed by atoms with E-state index in [9.17, 15) is 13.2 Å². The zero-order valence-electron chi connectivity index (χ0n) is 14.2. The Labute approximate surface area is 146 Å². The SMILES string of the molecule is CCn1ncc(C(=O)c2cc(C)c(S(C)(=O)=O)c(C)c2Cl)c1OC. The molecule has 24 heavy (non-hydrogen) atoms. The fraction of sp³-hybridized carbons (Fsp3) is 0.375. The van der Waals surface area contributed by atoms with Crippen LogP contribution in [0.3, 0.4) is 0 Å². The van der Waals surface area contributed by atoms with Crippen molar-refractivity contribution >= 4 is 27.2 Å². The molecule has 0 atom stereocenters. The molecule has 6 nitrogen and oxygen atoms in total. The monoisotopic (exact) mass is 370 g/mol. The maximum absolute atomic E-state index is 12.9. The van der Waals surface area contributed by atoms with Crippen molar-refractivity contribution in [3.8, 4) is 5.88 Å². The van der Waals surface area contributed by atoms with Crippen molar-refractivity contribution in [2.24, 2.45) is 0 Å². The van der Waals surface area contributed by atoms with E-state index in [4.69, 9.17) is 16.3 Å². The number of rotatable bonds is 5. The second kappa shape index (κ2) is 6.57. The number of methoxy groups -OCH3 is 1. The summed E-state index contributed by atoms with van der Waals surface area (Å²) >= 11 is 6.30. The third-order valence-corrected chi connectivity index (χ3v) is 5.63. The average molecular weight is 371 g/mol. The molecule has 0 spiro atoms. The molecule has 2 rings (SSSR count). The molecule has 1 aromatic carbocycles. The first-order valence-corrected chi connectivity index (χ1v) is 9.54. The number of nitrogens with zero attached hydrogens (tertiary/aromatic N) is 2. The van der Waals surface area contributed by atoms with Crippen molar-refractivity contribution in [3.05, 3.63) is 39.5 Å². The van der Waals surface area contributed by atoms with Gasteiger partial charge in [-0.1, -0.05) is 11.6 Å². The van der Waals surface area contributed by atoms with Crippen LogP contribution < -0.4 is 4.74 Å². The van der Waals surface area contributed by atoms with Gasteiger partial charge in [0.15, 0.2) is 9.84 Å². The minimum Gasteiger partial charge on any atom is -0.481 e. The van der Waals surface area contributed by atoms with E-state index in [-0.39, 0.29) is 26.8 Å². The number of carbonyl (C=O) groups is 1. The molecule has 0 aliphatic carbocycles. The van der Waals surface area contributed by atoms with Crippen molar-refractivity contribution in [1.29, 1.82) is 0 Å². The second-order valence-corrected chi connectivity index (χ2v) is 7.82. The van der Waals surface area contributed by atoms with Crippen LogP contribution >= 0.6 is 11.6 Å². The molecule has 0 aliphatic heterocycles. The Balaban J connectivity index is 2.66. The van der Waals surface area contributed by atoms with Gasteiger partial charge in [-0.2, -0.15) is 5.10 Å². The van der Waals surface area contributed by atoms with Gasteiger partial charge in [0.2, 0.25) is 11.7 Å². The highest BCUT2D eigenvalue weighted by molar-refractivity contribution is 7.90. The first-order chi connectivity index (χ1) is 11.1. The van der Waals surface area contributed by atoms with Crippen molar-refractivity contribution in [2.75, 3.05) is 13.4 Å².